The standard InChI is InChI=1S/C22H22Cl2O2S/c1-12-8-14(22(3,4)5)9-13(2)17(12)11-26-21(25)20-19(24)16-7-6-15(23)10-18(16)27-20/h6-10H,11H2,1-5H3. The van der Waals surface area contributed by atoms with E-state index in [0.29, 0.717) is 14.9 Å². The summed E-state index contributed by atoms with van der Waals surface area (Å²) in [7, 11) is 0. The van der Waals surface area contributed by atoms with E-state index in [1.807, 2.05) is 12.1 Å². The summed E-state index contributed by atoms with van der Waals surface area (Å²) in [4.78, 5) is 13.0. The van der Waals surface area contributed by atoms with Gasteiger partial charge in [-0.25, -0.2) is 4.79 Å². The highest BCUT2D eigenvalue weighted by atomic mass is 35.5. The third-order valence-corrected chi connectivity index (χ3v) is 6.56. The van der Waals surface area contributed by atoms with Crippen LogP contribution in [0.1, 0.15) is 52.7 Å². The average molecular weight is 421 g/mol. The van der Waals surface area contributed by atoms with Gasteiger partial charge >= 0.3 is 5.97 Å². The fraction of sp³-hybridized carbons (Fsp3) is 0.318. The van der Waals surface area contributed by atoms with Crippen LogP contribution < -0.4 is 0 Å². The first-order valence-electron chi connectivity index (χ1n) is 8.73. The molecule has 0 saturated carbocycles. The van der Waals surface area contributed by atoms with E-state index >= 15 is 0 Å². The predicted molar refractivity (Wildman–Crippen MR) is 116 cm³/mol. The Balaban J connectivity index is 1.83. The summed E-state index contributed by atoms with van der Waals surface area (Å²) in [5, 5.41) is 1.86. The first-order chi connectivity index (χ1) is 12.6. The fourth-order valence-corrected chi connectivity index (χ4v) is 4.71. The number of rotatable bonds is 3. The topological polar surface area (TPSA) is 26.3 Å². The van der Waals surface area contributed by atoms with Crippen LogP contribution in [0.2, 0.25) is 10.0 Å². The van der Waals surface area contributed by atoms with Crippen LogP contribution in [0.5, 0.6) is 0 Å². The van der Waals surface area contributed by atoms with Crippen molar-refractivity contribution in [1.82, 2.24) is 0 Å². The maximum Gasteiger partial charge on any atom is 0.350 e. The van der Waals surface area contributed by atoms with E-state index in [1.165, 1.54) is 16.9 Å². The second-order valence-corrected chi connectivity index (χ2v) is 9.67. The molecular weight excluding hydrogens is 399 g/mol. The Labute approximate surface area is 174 Å². The number of esters is 1. The smallest absolute Gasteiger partial charge is 0.350 e. The maximum absolute atomic E-state index is 12.6. The molecule has 3 aromatic rings. The zero-order valence-corrected chi connectivity index (χ0v) is 18.4. The molecule has 2 nitrogen and oxygen atoms in total. The highest BCUT2D eigenvalue weighted by Gasteiger charge is 2.20. The van der Waals surface area contributed by atoms with E-state index in [0.717, 1.165) is 26.8 Å². The van der Waals surface area contributed by atoms with Crippen LogP contribution in [-0.2, 0) is 16.8 Å². The lowest BCUT2D eigenvalue weighted by molar-refractivity contribution is 0.0477. The van der Waals surface area contributed by atoms with Crippen molar-refractivity contribution in [1.29, 1.82) is 0 Å². The van der Waals surface area contributed by atoms with E-state index in [1.54, 1.807) is 6.07 Å². The molecule has 0 spiro atoms. The monoisotopic (exact) mass is 420 g/mol. The lowest BCUT2D eigenvalue weighted by Crippen LogP contribution is -2.13. The molecule has 1 heterocycles. The number of halogens is 2. The van der Waals surface area contributed by atoms with Crippen molar-refractivity contribution in [3.05, 3.63) is 67.5 Å². The van der Waals surface area contributed by atoms with Crippen LogP contribution in [-0.4, -0.2) is 5.97 Å². The van der Waals surface area contributed by atoms with Gasteiger partial charge < -0.3 is 4.74 Å². The Morgan fingerprint density at radius 2 is 1.70 bits per heavy atom. The summed E-state index contributed by atoms with van der Waals surface area (Å²) in [6.07, 6.45) is 0. The summed E-state index contributed by atoms with van der Waals surface area (Å²) in [5.74, 6) is -0.406. The molecule has 0 fully saturated rings. The molecule has 0 aliphatic rings. The number of thiophene rings is 1. The number of ether oxygens (including phenoxy) is 1. The highest BCUT2D eigenvalue weighted by Crippen LogP contribution is 2.37. The summed E-state index contributed by atoms with van der Waals surface area (Å²) < 4.78 is 6.47. The highest BCUT2D eigenvalue weighted by molar-refractivity contribution is 7.21. The Morgan fingerprint density at radius 3 is 2.30 bits per heavy atom. The molecule has 0 N–H and O–H groups in total. The third-order valence-electron chi connectivity index (χ3n) is 4.69. The summed E-state index contributed by atoms with van der Waals surface area (Å²) in [6, 6.07) is 9.74. The van der Waals surface area contributed by atoms with E-state index in [9.17, 15) is 4.79 Å². The van der Waals surface area contributed by atoms with Gasteiger partial charge in [0.1, 0.15) is 11.5 Å². The first kappa shape index (κ1) is 20.2. The molecule has 27 heavy (non-hydrogen) atoms. The fourth-order valence-electron chi connectivity index (χ4n) is 3.03. The number of fused-ring (bicyclic) bond motifs is 1. The maximum atomic E-state index is 12.6. The number of hydrogen-bond acceptors (Lipinski definition) is 3. The third kappa shape index (κ3) is 4.16. The van der Waals surface area contributed by atoms with Crippen molar-refractivity contribution >= 4 is 50.6 Å². The van der Waals surface area contributed by atoms with E-state index < -0.39 is 5.97 Å². The molecule has 0 bridgehead atoms. The van der Waals surface area contributed by atoms with Crippen molar-refractivity contribution in [2.24, 2.45) is 0 Å². The molecule has 3 rings (SSSR count). The number of carbonyl (C=O) groups is 1. The van der Waals surface area contributed by atoms with Crippen LogP contribution >= 0.6 is 34.5 Å². The summed E-state index contributed by atoms with van der Waals surface area (Å²) in [6.45, 7) is 10.9. The number of aryl methyl sites for hydroxylation is 2. The molecule has 142 valence electrons. The second-order valence-electron chi connectivity index (χ2n) is 7.80. The van der Waals surface area contributed by atoms with Gasteiger partial charge in [0.25, 0.3) is 0 Å². The predicted octanol–water partition coefficient (Wildman–Crippen LogP) is 7.48. The molecule has 0 amide bonds. The normalized spacial score (nSPS) is 11.8. The largest absolute Gasteiger partial charge is 0.457 e. The van der Waals surface area contributed by atoms with Crippen molar-refractivity contribution in [3.63, 3.8) is 0 Å². The quantitative estimate of drug-likeness (QED) is 0.410. The minimum absolute atomic E-state index is 0.0800. The molecule has 0 radical (unpaired) electrons. The molecule has 5 heteroatoms. The molecule has 0 aliphatic heterocycles. The lowest BCUT2D eigenvalue weighted by Gasteiger charge is -2.22. The van der Waals surface area contributed by atoms with Gasteiger partial charge in [0.05, 0.1) is 5.02 Å². The van der Waals surface area contributed by atoms with Crippen LogP contribution in [0.25, 0.3) is 10.1 Å². The van der Waals surface area contributed by atoms with E-state index in [4.69, 9.17) is 27.9 Å². The van der Waals surface area contributed by atoms with Crippen molar-refractivity contribution in [2.45, 2.75) is 46.6 Å². The van der Waals surface area contributed by atoms with Gasteiger partial charge in [-0.15, -0.1) is 11.3 Å². The van der Waals surface area contributed by atoms with Crippen molar-refractivity contribution < 1.29 is 9.53 Å². The number of benzene rings is 2. The molecular formula is C22H22Cl2O2S. The first-order valence-corrected chi connectivity index (χ1v) is 10.3. The summed E-state index contributed by atoms with van der Waals surface area (Å²) in [5.41, 5.74) is 4.65. The van der Waals surface area contributed by atoms with Gasteiger partial charge in [-0.3, -0.25) is 0 Å². The van der Waals surface area contributed by atoms with Gasteiger partial charge in [0.15, 0.2) is 0 Å². The lowest BCUT2D eigenvalue weighted by atomic mass is 9.84. The molecule has 0 unspecified atom stereocenters. The van der Waals surface area contributed by atoms with Gasteiger partial charge in [-0.1, -0.05) is 62.2 Å². The Kier molecular flexibility index (Phi) is 5.58. The zero-order valence-electron chi connectivity index (χ0n) is 16.1. The Hall–Kier alpha value is -1.55. The van der Waals surface area contributed by atoms with E-state index in [-0.39, 0.29) is 12.0 Å². The molecule has 1 aromatic heterocycles. The van der Waals surface area contributed by atoms with Gasteiger partial charge in [-0.05, 0) is 53.6 Å². The molecule has 2 aromatic carbocycles. The molecule has 0 aliphatic carbocycles. The van der Waals surface area contributed by atoms with Gasteiger partial charge in [0, 0.05) is 15.1 Å². The second kappa shape index (κ2) is 7.46. The van der Waals surface area contributed by atoms with Crippen molar-refractivity contribution in [3.8, 4) is 0 Å². The Morgan fingerprint density at radius 1 is 1.07 bits per heavy atom. The molecule has 0 saturated heterocycles. The number of hydrogen-bond donors (Lipinski definition) is 0. The number of carbonyl (C=O) groups excluding carboxylic acids is 1. The van der Waals surface area contributed by atoms with Crippen LogP contribution in [0.3, 0.4) is 0 Å². The Bertz CT molecular complexity index is 1010. The average Bonchev–Trinajstić information content (AvgIpc) is 2.89. The van der Waals surface area contributed by atoms with Crippen LogP contribution in [0, 0.1) is 13.8 Å². The van der Waals surface area contributed by atoms with Crippen molar-refractivity contribution in [2.75, 3.05) is 0 Å². The van der Waals surface area contributed by atoms with Crippen LogP contribution in [0.4, 0.5) is 0 Å². The van der Waals surface area contributed by atoms with Crippen LogP contribution in [0.15, 0.2) is 30.3 Å². The van der Waals surface area contributed by atoms with E-state index in [2.05, 4.69) is 46.8 Å². The van der Waals surface area contributed by atoms with Gasteiger partial charge in [-0.2, -0.15) is 0 Å². The molecule has 0 atom stereocenters. The minimum Gasteiger partial charge on any atom is -0.457 e. The minimum atomic E-state index is -0.406. The zero-order chi connectivity index (χ0) is 19.9. The summed E-state index contributed by atoms with van der Waals surface area (Å²) >= 11 is 13.7. The van der Waals surface area contributed by atoms with Gasteiger partial charge in [0.2, 0.25) is 0 Å². The SMILES string of the molecule is Cc1cc(C(C)(C)C)cc(C)c1COC(=O)c1sc2cc(Cl)ccc2c1Cl.